The van der Waals surface area contributed by atoms with E-state index in [0.29, 0.717) is 30.4 Å². The van der Waals surface area contributed by atoms with Gasteiger partial charge in [0.05, 0.1) is 36.1 Å². The van der Waals surface area contributed by atoms with Crippen LogP contribution in [0.2, 0.25) is 0 Å². The Hall–Kier alpha value is -3.23. The third-order valence-electron chi connectivity index (χ3n) is 7.54. The topological polar surface area (TPSA) is 90.4 Å². The fraction of sp³-hybridized carbons (Fsp3) is 0.464. The number of ether oxygens (including phenoxy) is 1. The molecule has 1 unspecified atom stereocenters. The van der Waals surface area contributed by atoms with Crippen molar-refractivity contribution in [2.75, 3.05) is 49.1 Å². The minimum atomic E-state index is -1.06. The molecule has 8 heteroatoms. The van der Waals surface area contributed by atoms with Crippen molar-refractivity contribution >= 4 is 29.2 Å². The minimum Gasteiger partial charge on any atom is -0.478 e. The third kappa shape index (κ3) is 5.44. The van der Waals surface area contributed by atoms with E-state index in [2.05, 4.69) is 29.2 Å². The van der Waals surface area contributed by atoms with Crippen LogP contribution in [0.15, 0.2) is 48.5 Å². The van der Waals surface area contributed by atoms with Crippen molar-refractivity contribution in [1.82, 2.24) is 4.90 Å². The second-order valence-corrected chi connectivity index (χ2v) is 10.0. The average molecular weight is 492 g/mol. The molecule has 2 saturated heterocycles. The van der Waals surface area contributed by atoms with E-state index in [-0.39, 0.29) is 36.6 Å². The van der Waals surface area contributed by atoms with Crippen LogP contribution in [0.1, 0.15) is 41.6 Å². The van der Waals surface area contributed by atoms with Gasteiger partial charge in [0.1, 0.15) is 6.54 Å². The van der Waals surface area contributed by atoms with E-state index in [4.69, 9.17) is 4.74 Å². The Bertz CT molecular complexity index is 1110. The highest BCUT2D eigenvalue weighted by atomic mass is 16.5. The summed E-state index contributed by atoms with van der Waals surface area (Å²) in [6.45, 7) is 2.88. The van der Waals surface area contributed by atoms with Crippen molar-refractivity contribution in [1.29, 1.82) is 0 Å². The number of amides is 2. The normalized spacial score (nSPS) is 21.0. The maximum absolute atomic E-state index is 13.4. The van der Waals surface area contributed by atoms with Gasteiger partial charge in [-0.05, 0) is 74.9 Å². The summed E-state index contributed by atoms with van der Waals surface area (Å²) in [5.74, 6) is -0.810. The van der Waals surface area contributed by atoms with Crippen molar-refractivity contribution < 1.29 is 24.2 Å². The number of likely N-dealkylation sites (tertiary alicyclic amines) is 1. The number of hydrogen-bond acceptors (Lipinski definition) is 5. The molecular weight excluding hydrogens is 458 g/mol. The molecule has 0 aliphatic carbocycles. The first kappa shape index (κ1) is 24.5. The molecule has 2 aromatic rings. The first-order valence-corrected chi connectivity index (χ1v) is 12.8. The minimum absolute atomic E-state index is 0.0413. The van der Waals surface area contributed by atoms with E-state index >= 15 is 0 Å². The summed E-state index contributed by atoms with van der Waals surface area (Å²) >= 11 is 0. The van der Waals surface area contributed by atoms with Gasteiger partial charge >= 0.3 is 5.97 Å². The van der Waals surface area contributed by atoms with Gasteiger partial charge in [-0.25, -0.2) is 4.79 Å². The van der Waals surface area contributed by atoms with Gasteiger partial charge in [-0.3, -0.25) is 19.4 Å². The lowest BCUT2D eigenvalue weighted by molar-refractivity contribution is -0.124. The van der Waals surface area contributed by atoms with Gasteiger partial charge in [0, 0.05) is 6.61 Å². The van der Waals surface area contributed by atoms with Gasteiger partial charge in [-0.15, -0.1) is 0 Å². The second-order valence-electron chi connectivity index (χ2n) is 10.0. The quantitative estimate of drug-likeness (QED) is 0.640. The van der Waals surface area contributed by atoms with Crippen molar-refractivity contribution in [3.63, 3.8) is 0 Å². The van der Waals surface area contributed by atoms with Crippen LogP contribution >= 0.6 is 0 Å². The van der Waals surface area contributed by atoms with Gasteiger partial charge in [0.25, 0.3) is 0 Å². The molecule has 0 bridgehead atoms. The molecule has 5 rings (SSSR count). The van der Waals surface area contributed by atoms with Crippen molar-refractivity contribution in [3.8, 4) is 0 Å². The Kier molecular flexibility index (Phi) is 7.34. The molecular formula is C28H33N3O5. The predicted molar refractivity (Wildman–Crippen MR) is 136 cm³/mol. The number of benzene rings is 2. The fourth-order valence-electron chi connectivity index (χ4n) is 5.53. The highest BCUT2D eigenvalue weighted by molar-refractivity contribution is 6.12. The van der Waals surface area contributed by atoms with Crippen LogP contribution in [0.4, 0.5) is 11.4 Å². The van der Waals surface area contributed by atoms with E-state index < -0.39 is 5.97 Å². The van der Waals surface area contributed by atoms with Crippen LogP contribution in [0.25, 0.3) is 0 Å². The Morgan fingerprint density at radius 3 is 2.47 bits per heavy atom. The van der Waals surface area contributed by atoms with Crippen LogP contribution in [0.3, 0.4) is 0 Å². The summed E-state index contributed by atoms with van der Waals surface area (Å²) < 4.78 is 5.73. The smallest absolute Gasteiger partial charge is 0.335 e. The zero-order valence-electron chi connectivity index (χ0n) is 20.5. The standard InChI is InChI=1S/C28H33N3O5/c32-26(18-29-12-10-21(11-13-29)15-20-5-2-1-3-6-20)31-19-27(33)30(17-23-7-4-14-36-23)24-9-8-22(28(34)35)16-25(24)31/h1-3,5-6,8-9,16,21,23H,4,7,10-15,17-19H2,(H,34,35). The van der Waals surface area contributed by atoms with E-state index in [1.807, 2.05) is 6.07 Å². The van der Waals surface area contributed by atoms with Crippen molar-refractivity contribution in [2.45, 2.75) is 38.2 Å². The molecule has 2 amide bonds. The zero-order chi connectivity index (χ0) is 25.1. The lowest BCUT2D eigenvalue weighted by Gasteiger charge is -2.38. The van der Waals surface area contributed by atoms with E-state index in [1.54, 1.807) is 11.0 Å². The second kappa shape index (κ2) is 10.8. The molecule has 8 nitrogen and oxygen atoms in total. The maximum Gasteiger partial charge on any atom is 0.335 e. The predicted octanol–water partition coefficient (Wildman–Crippen LogP) is 3.20. The summed E-state index contributed by atoms with van der Waals surface area (Å²) in [7, 11) is 0. The van der Waals surface area contributed by atoms with Crippen LogP contribution in [0, 0.1) is 5.92 Å². The fourth-order valence-corrected chi connectivity index (χ4v) is 5.53. The molecule has 0 aromatic heterocycles. The Labute approximate surface area is 211 Å². The summed E-state index contributed by atoms with van der Waals surface area (Å²) in [5.41, 5.74) is 2.50. The summed E-state index contributed by atoms with van der Waals surface area (Å²) in [5, 5.41) is 9.54. The number of fused-ring (bicyclic) bond motifs is 1. The molecule has 36 heavy (non-hydrogen) atoms. The summed E-state index contributed by atoms with van der Waals surface area (Å²) in [4.78, 5) is 43.5. The highest BCUT2D eigenvalue weighted by Crippen LogP contribution is 2.36. The lowest BCUT2D eigenvalue weighted by atomic mass is 9.90. The molecule has 1 atom stereocenters. The molecule has 3 aliphatic heterocycles. The number of carboxylic acids is 1. The number of anilines is 2. The number of hydrogen-bond donors (Lipinski definition) is 1. The average Bonchev–Trinajstić information content (AvgIpc) is 3.40. The molecule has 3 heterocycles. The van der Waals surface area contributed by atoms with Crippen LogP contribution in [-0.2, 0) is 20.7 Å². The van der Waals surface area contributed by atoms with Gasteiger partial charge < -0.3 is 14.7 Å². The van der Waals surface area contributed by atoms with Crippen LogP contribution < -0.4 is 9.80 Å². The number of nitrogens with zero attached hydrogens (tertiary/aromatic N) is 3. The van der Waals surface area contributed by atoms with E-state index in [0.717, 1.165) is 45.2 Å². The summed E-state index contributed by atoms with van der Waals surface area (Å²) in [6, 6.07) is 15.1. The molecule has 190 valence electrons. The molecule has 0 spiro atoms. The number of aromatic carboxylic acids is 1. The number of rotatable bonds is 7. The maximum atomic E-state index is 13.4. The Morgan fingerprint density at radius 1 is 1.00 bits per heavy atom. The SMILES string of the molecule is O=C(O)c1ccc2c(c1)N(C(=O)CN1CCC(Cc3ccccc3)CC1)CC(=O)N2CC1CCCO1. The van der Waals surface area contributed by atoms with Crippen LogP contribution in [-0.4, -0.2) is 73.2 Å². The van der Waals surface area contributed by atoms with Gasteiger partial charge in [0.2, 0.25) is 11.8 Å². The first-order valence-electron chi connectivity index (χ1n) is 12.8. The highest BCUT2D eigenvalue weighted by Gasteiger charge is 2.36. The van der Waals surface area contributed by atoms with Gasteiger partial charge in [-0.1, -0.05) is 30.3 Å². The monoisotopic (exact) mass is 491 g/mol. The summed E-state index contributed by atoms with van der Waals surface area (Å²) in [6.07, 6.45) is 4.90. The molecule has 2 aromatic carbocycles. The van der Waals surface area contributed by atoms with E-state index in [1.165, 1.54) is 22.6 Å². The van der Waals surface area contributed by atoms with E-state index in [9.17, 15) is 19.5 Å². The Balaban J connectivity index is 1.27. The number of piperidine rings is 1. The molecule has 3 aliphatic rings. The molecule has 1 N–H and O–H groups in total. The molecule has 2 fully saturated rings. The van der Waals surface area contributed by atoms with Crippen molar-refractivity contribution in [2.24, 2.45) is 5.92 Å². The molecule has 0 saturated carbocycles. The number of carbonyl (C=O) groups is 3. The number of carbonyl (C=O) groups excluding carboxylic acids is 2. The first-order chi connectivity index (χ1) is 17.5. The largest absolute Gasteiger partial charge is 0.478 e. The number of carboxylic acid groups (broad SMARTS) is 1. The molecule has 0 radical (unpaired) electrons. The van der Waals surface area contributed by atoms with Gasteiger partial charge in [-0.2, -0.15) is 0 Å². The van der Waals surface area contributed by atoms with Gasteiger partial charge in [0.15, 0.2) is 0 Å². The Morgan fingerprint density at radius 2 is 1.78 bits per heavy atom. The third-order valence-corrected chi connectivity index (χ3v) is 7.54. The zero-order valence-corrected chi connectivity index (χ0v) is 20.5. The van der Waals surface area contributed by atoms with Crippen molar-refractivity contribution in [3.05, 3.63) is 59.7 Å². The lowest BCUT2D eigenvalue weighted by Crippen LogP contribution is -2.52. The van der Waals surface area contributed by atoms with Crippen LogP contribution in [0.5, 0.6) is 0 Å².